The van der Waals surface area contributed by atoms with Crippen LogP contribution in [-0.2, 0) is 6.54 Å². The van der Waals surface area contributed by atoms with Crippen molar-refractivity contribution in [3.8, 4) is 11.8 Å². The standard InChI is InChI=1S/C16H23FN2/c1-4-13(2)11-19(3)12-15-8-7-14(6-5-9-18)10-16(15)17/h7-8,10,13H,4,9,11-12,18H2,1-3H3. The summed E-state index contributed by atoms with van der Waals surface area (Å²) in [5.41, 5.74) is 6.68. The molecule has 0 aliphatic rings. The van der Waals surface area contributed by atoms with Gasteiger partial charge < -0.3 is 10.6 Å². The van der Waals surface area contributed by atoms with Gasteiger partial charge in [0.05, 0.1) is 6.54 Å². The molecule has 0 aliphatic heterocycles. The van der Waals surface area contributed by atoms with Crippen molar-refractivity contribution >= 4 is 0 Å². The highest BCUT2D eigenvalue weighted by Crippen LogP contribution is 2.13. The molecule has 0 aromatic heterocycles. The third-order valence-electron chi connectivity index (χ3n) is 3.15. The van der Waals surface area contributed by atoms with E-state index in [0.29, 0.717) is 30.1 Å². The van der Waals surface area contributed by atoms with E-state index in [1.807, 2.05) is 19.2 Å². The lowest BCUT2D eigenvalue weighted by molar-refractivity contribution is 0.272. The van der Waals surface area contributed by atoms with Gasteiger partial charge in [-0.15, -0.1) is 0 Å². The Bertz CT molecular complexity index is 460. The molecule has 0 saturated heterocycles. The first-order chi connectivity index (χ1) is 9.06. The summed E-state index contributed by atoms with van der Waals surface area (Å²) in [7, 11) is 2.02. The number of benzene rings is 1. The Labute approximate surface area is 115 Å². The highest BCUT2D eigenvalue weighted by atomic mass is 19.1. The maximum atomic E-state index is 13.9. The highest BCUT2D eigenvalue weighted by Gasteiger charge is 2.08. The largest absolute Gasteiger partial charge is 0.320 e. The topological polar surface area (TPSA) is 29.3 Å². The minimum Gasteiger partial charge on any atom is -0.320 e. The Morgan fingerprint density at radius 1 is 1.42 bits per heavy atom. The van der Waals surface area contributed by atoms with Crippen molar-refractivity contribution in [1.29, 1.82) is 0 Å². The van der Waals surface area contributed by atoms with Crippen LogP contribution in [0.1, 0.15) is 31.4 Å². The number of nitrogens with two attached hydrogens (primary N) is 1. The van der Waals surface area contributed by atoms with E-state index >= 15 is 0 Å². The minimum absolute atomic E-state index is 0.195. The summed E-state index contributed by atoms with van der Waals surface area (Å²) in [5, 5.41) is 0. The van der Waals surface area contributed by atoms with Gasteiger partial charge in [0, 0.05) is 24.2 Å². The molecule has 1 aromatic carbocycles. The Morgan fingerprint density at radius 3 is 2.74 bits per heavy atom. The third-order valence-corrected chi connectivity index (χ3v) is 3.15. The first-order valence-electron chi connectivity index (χ1n) is 6.72. The van der Waals surface area contributed by atoms with Crippen LogP contribution in [-0.4, -0.2) is 25.0 Å². The predicted molar refractivity (Wildman–Crippen MR) is 78.1 cm³/mol. The van der Waals surface area contributed by atoms with Crippen LogP contribution in [0.3, 0.4) is 0 Å². The molecule has 1 rings (SSSR count). The summed E-state index contributed by atoms with van der Waals surface area (Å²) in [5.74, 6) is 6.00. The van der Waals surface area contributed by atoms with Gasteiger partial charge in [0.1, 0.15) is 5.82 Å². The monoisotopic (exact) mass is 262 g/mol. The average Bonchev–Trinajstić information content (AvgIpc) is 2.39. The molecule has 0 fully saturated rings. The molecule has 2 nitrogen and oxygen atoms in total. The van der Waals surface area contributed by atoms with Crippen molar-refractivity contribution in [1.82, 2.24) is 4.90 Å². The zero-order valence-corrected chi connectivity index (χ0v) is 12.0. The van der Waals surface area contributed by atoms with Crippen molar-refractivity contribution in [2.24, 2.45) is 11.7 Å². The molecule has 0 saturated carbocycles. The lowest BCUT2D eigenvalue weighted by Gasteiger charge is -2.20. The zero-order chi connectivity index (χ0) is 14.3. The fourth-order valence-electron chi connectivity index (χ4n) is 1.92. The van der Waals surface area contributed by atoms with E-state index in [4.69, 9.17) is 5.73 Å². The zero-order valence-electron chi connectivity index (χ0n) is 12.0. The molecule has 19 heavy (non-hydrogen) atoms. The summed E-state index contributed by atoms with van der Waals surface area (Å²) < 4.78 is 13.9. The molecule has 0 bridgehead atoms. The second kappa shape index (κ2) is 7.93. The molecule has 3 heteroatoms. The fourth-order valence-corrected chi connectivity index (χ4v) is 1.92. The van der Waals surface area contributed by atoms with Crippen LogP contribution in [0.4, 0.5) is 4.39 Å². The van der Waals surface area contributed by atoms with Crippen molar-refractivity contribution in [2.45, 2.75) is 26.8 Å². The molecule has 1 aromatic rings. The SMILES string of the molecule is CCC(C)CN(C)Cc1ccc(C#CCN)cc1F. The van der Waals surface area contributed by atoms with Gasteiger partial charge in [-0.3, -0.25) is 0 Å². The number of hydrogen-bond donors (Lipinski definition) is 1. The molecule has 2 N–H and O–H groups in total. The smallest absolute Gasteiger partial charge is 0.128 e. The lowest BCUT2D eigenvalue weighted by atomic mass is 10.1. The van der Waals surface area contributed by atoms with Crippen molar-refractivity contribution in [3.63, 3.8) is 0 Å². The second-order valence-corrected chi connectivity index (χ2v) is 5.02. The Balaban J connectivity index is 2.69. The van der Waals surface area contributed by atoms with Crippen molar-refractivity contribution in [2.75, 3.05) is 20.1 Å². The van der Waals surface area contributed by atoms with E-state index in [1.165, 1.54) is 6.07 Å². The first-order valence-corrected chi connectivity index (χ1v) is 6.72. The molecule has 0 heterocycles. The van der Waals surface area contributed by atoms with E-state index in [9.17, 15) is 4.39 Å². The van der Waals surface area contributed by atoms with Crippen LogP contribution >= 0.6 is 0 Å². The van der Waals surface area contributed by atoms with Crippen LogP contribution in [0.15, 0.2) is 18.2 Å². The number of hydrogen-bond acceptors (Lipinski definition) is 2. The lowest BCUT2D eigenvalue weighted by Crippen LogP contribution is -2.24. The first kappa shape index (κ1) is 15.7. The van der Waals surface area contributed by atoms with E-state index in [1.54, 1.807) is 0 Å². The molecule has 0 radical (unpaired) electrons. The van der Waals surface area contributed by atoms with E-state index < -0.39 is 0 Å². The number of nitrogens with zero attached hydrogens (tertiary/aromatic N) is 1. The maximum absolute atomic E-state index is 13.9. The van der Waals surface area contributed by atoms with E-state index in [-0.39, 0.29) is 5.82 Å². The van der Waals surface area contributed by atoms with Gasteiger partial charge in [0.15, 0.2) is 0 Å². The summed E-state index contributed by atoms with van der Waals surface area (Å²) in [4.78, 5) is 2.15. The quantitative estimate of drug-likeness (QED) is 0.827. The number of halogens is 1. The summed E-state index contributed by atoms with van der Waals surface area (Å²) in [6.07, 6.45) is 1.14. The van der Waals surface area contributed by atoms with Gasteiger partial charge >= 0.3 is 0 Å². The Morgan fingerprint density at radius 2 is 2.16 bits per heavy atom. The van der Waals surface area contributed by atoms with Crippen LogP contribution in [0.25, 0.3) is 0 Å². The molecular weight excluding hydrogens is 239 g/mol. The molecule has 0 amide bonds. The van der Waals surface area contributed by atoms with Crippen LogP contribution in [0, 0.1) is 23.6 Å². The summed E-state index contributed by atoms with van der Waals surface area (Å²) in [6.45, 7) is 6.27. The van der Waals surface area contributed by atoms with Gasteiger partial charge in [0.25, 0.3) is 0 Å². The molecule has 0 aliphatic carbocycles. The highest BCUT2D eigenvalue weighted by molar-refractivity contribution is 5.37. The van der Waals surface area contributed by atoms with Crippen LogP contribution in [0.5, 0.6) is 0 Å². The van der Waals surface area contributed by atoms with Crippen LogP contribution < -0.4 is 5.73 Å². The van der Waals surface area contributed by atoms with Crippen molar-refractivity contribution < 1.29 is 4.39 Å². The van der Waals surface area contributed by atoms with Crippen molar-refractivity contribution in [3.05, 3.63) is 35.1 Å². The molecule has 1 unspecified atom stereocenters. The molecule has 1 atom stereocenters. The normalized spacial score (nSPS) is 12.1. The molecule has 104 valence electrons. The van der Waals surface area contributed by atoms with Gasteiger partial charge in [-0.25, -0.2) is 4.39 Å². The predicted octanol–water partition coefficient (Wildman–Crippen LogP) is 2.61. The molecule has 0 spiro atoms. The molecular formula is C16H23FN2. The fraction of sp³-hybridized carbons (Fsp3) is 0.500. The third kappa shape index (κ3) is 5.42. The van der Waals surface area contributed by atoms with Gasteiger partial charge in [-0.2, -0.15) is 0 Å². The number of rotatable bonds is 5. The van der Waals surface area contributed by atoms with Gasteiger partial charge in [0.2, 0.25) is 0 Å². The van der Waals surface area contributed by atoms with Crippen LogP contribution in [0.2, 0.25) is 0 Å². The second-order valence-electron chi connectivity index (χ2n) is 5.02. The van der Waals surface area contributed by atoms with Gasteiger partial charge in [-0.05, 0) is 25.1 Å². The minimum atomic E-state index is -0.195. The Kier molecular flexibility index (Phi) is 6.55. The van der Waals surface area contributed by atoms with E-state index in [2.05, 4.69) is 30.6 Å². The van der Waals surface area contributed by atoms with E-state index in [0.717, 1.165) is 13.0 Å². The summed E-state index contributed by atoms with van der Waals surface area (Å²) >= 11 is 0. The maximum Gasteiger partial charge on any atom is 0.128 e. The Hall–Kier alpha value is -1.37. The average molecular weight is 262 g/mol. The summed E-state index contributed by atoms with van der Waals surface area (Å²) in [6, 6.07) is 5.14. The van der Waals surface area contributed by atoms with Gasteiger partial charge in [-0.1, -0.05) is 38.2 Å².